The largest absolute Gasteiger partial charge is 0.416 e. The van der Waals surface area contributed by atoms with Crippen LogP contribution in [-0.2, 0) is 6.18 Å². The molecule has 0 saturated heterocycles. The van der Waals surface area contributed by atoms with Crippen molar-refractivity contribution < 1.29 is 13.2 Å². The van der Waals surface area contributed by atoms with E-state index in [4.69, 9.17) is 11.6 Å². The highest BCUT2D eigenvalue weighted by Gasteiger charge is 2.31. The summed E-state index contributed by atoms with van der Waals surface area (Å²) in [7, 11) is 1.67. The number of rotatable bonds is 3. The molecule has 1 aromatic heterocycles. The zero-order chi connectivity index (χ0) is 14.8. The second-order valence-corrected chi connectivity index (χ2v) is 4.33. The predicted molar refractivity (Wildman–Crippen MR) is 71.3 cm³/mol. The first-order valence-corrected chi connectivity index (χ1v) is 5.91. The lowest BCUT2D eigenvalue weighted by molar-refractivity contribution is -0.137. The quantitative estimate of drug-likeness (QED) is 0.902. The lowest BCUT2D eigenvalue weighted by Crippen LogP contribution is -2.06. The van der Waals surface area contributed by atoms with Gasteiger partial charge in [0, 0.05) is 23.8 Å². The smallest absolute Gasteiger partial charge is 0.373 e. The van der Waals surface area contributed by atoms with E-state index in [0.717, 1.165) is 12.1 Å². The first-order valence-electron chi connectivity index (χ1n) is 5.53. The molecule has 0 atom stereocenters. The van der Waals surface area contributed by atoms with Gasteiger partial charge in [0.05, 0.1) is 5.56 Å². The lowest BCUT2D eigenvalue weighted by atomic mass is 10.2. The Kier molecular flexibility index (Phi) is 3.99. The monoisotopic (exact) mass is 302 g/mol. The van der Waals surface area contributed by atoms with Crippen molar-refractivity contribution in [2.24, 2.45) is 0 Å². The number of alkyl halides is 3. The SMILES string of the molecule is CNc1cc(Nc2cc(Cl)cc(C(F)(F)F)c2)ncn1. The normalized spacial score (nSPS) is 11.2. The summed E-state index contributed by atoms with van der Waals surface area (Å²) in [5, 5.41) is 5.55. The number of aromatic nitrogens is 2. The van der Waals surface area contributed by atoms with Gasteiger partial charge in [-0.05, 0) is 18.2 Å². The summed E-state index contributed by atoms with van der Waals surface area (Å²) < 4.78 is 38.0. The summed E-state index contributed by atoms with van der Waals surface area (Å²) in [6.07, 6.45) is -3.16. The summed E-state index contributed by atoms with van der Waals surface area (Å²) in [4.78, 5) is 7.82. The maximum Gasteiger partial charge on any atom is 0.416 e. The molecule has 0 radical (unpaired) electrons. The van der Waals surface area contributed by atoms with Crippen LogP contribution in [0.2, 0.25) is 5.02 Å². The molecule has 8 heteroatoms. The van der Waals surface area contributed by atoms with Gasteiger partial charge in [0.25, 0.3) is 0 Å². The van der Waals surface area contributed by atoms with Crippen molar-refractivity contribution in [3.8, 4) is 0 Å². The molecule has 4 nitrogen and oxygen atoms in total. The van der Waals surface area contributed by atoms with Crippen LogP contribution in [0.1, 0.15) is 5.56 Å². The van der Waals surface area contributed by atoms with Crippen LogP contribution in [0.4, 0.5) is 30.5 Å². The number of halogens is 4. The zero-order valence-electron chi connectivity index (χ0n) is 10.3. The van der Waals surface area contributed by atoms with Gasteiger partial charge in [-0.15, -0.1) is 0 Å². The predicted octanol–water partition coefficient (Wildman–Crippen LogP) is 3.93. The van der Waals surface area contributed by atoms with Crippen molar-refractivity contribution >= 4 is 28.9 Å². The van der Waals surface area contributed by atoms with Crippen molar-refractivity contribution in [3.63, 3.8) is 0 Å². The van der Waals surface area contributed by atoms with Gasteiger partial charge in [0.15, 0.2) is 0 Å². The molecule has 2 rings (SSSR count). The fraction of sp³-hybridized carbons (Fsp3) is 0.167. The molecule has 0 aliphatic carbocycles. The van der Waals surface area contributed by atoms with Crippen molar-refractivity contribution in [1.29, 1.82) is 0 Å². The minimum atomic E-state index is -4.46. The average molecular weight is 303 g/mol. The van der Waals surface area contributed by atoms with Gasteiger partial charge in [-0.3, -0.25) is 0 Å². The number of nitrogens with zero attached hydrogens (tertiary/aromatic N) is 2. The fourth-order valence-corrected chi connectivity index (χ4v) is 1.77. The van der Waals surface area contributed by atoms with Gasteiger partial charge < -0.3 is 10.6 Å². The fourth-order valence-electron chi connectivity index (χ4n) is 1.54. The van der Waals surface area contributed by atoms with Crippen LogP contribution >= 0.6 is 11.6 Å². The van der Waals surface area contributed by atoms with E-state index < -0.39 is 11.7 Å². The standard InChI is InChI=1S/C12H10ClF3N4/c1-17-10-5-11(19-6-18-10)20-9-3-7(12(14,15)16)2-8(13)4-9/h2-6H,1H3,(H2,17,18,19,20). The van der Waals surface area contributed by atoms with E-state index in [1.807, 2.05) is 0 Å². The van der Waals surface area contributed by atoms with E-state index in [2.05, 4.69) is 20.6 Å². The molecule has 20 heavy (non-hydrogen) atoms. The van der Waals surface area contributed by atoms with E-state index in [-0.39, 0.29) is 10.7 Å². The van der Waals surface area contributed by atoms with E-state index in [0.29, 0.717) is 11.6 Å². The zero-order valence-corrected chi connectivity index (χ0v) is 11.0. The molecule has 1 aromatic carbocycles. The van der Waals surface area contributed by atoms with E-state index in [1.165, 1.54) is 12.4 Å². The lowest BCUT2D eigenvalue weighted by Gasteiger charge is -2.11. The average Bonchev–Trinajstić information content (AvgIpc) is 2.37. The van der Waals surface area contributed by atoms with Crippen molar-refractivity contribution in [1.82, 2.24) is 9.97 Å². The number of anilines is 3. The highest BCUT2D eigenvalue weighted by molar-refractivity contribution is 6.31. The van der Waals surface area contributed by atoms with Crippen molar-refractivity contribution in [3.05, 3.63) is 41.2 Å². The Bertz CT molecular complexity index is 616. The van der Waals surface area contributed by atoms with Crippen molar-refractivity contribution in [2.75, 3.05) is 17.7 Å². The third kappa shape index (κ3) is 3.51. The van der Waals surface area contributed by atoms with Crippen LogP contribution in [0.15, 0.2) is 30.6 Å². The van der Waals surface area contributed by atoms with Gasteiger partial charge in [-0.25, -0.2) is 9.97 Å². The molecule has 0 fully saturated rings. The van der Waals surface area contributed by atoms with Crippen LogP contribution < -0.4 is 10.6 Å². The van der Waals surface area contributed by atoms with Crippen molar-refractivity contribution in [2.45, 2.75) is 6.18 Å². The molecule has 1 heterocycles. The summed E-state index contributed by atoms with van der Waals surface area (Å²) in [6, 6.07) is 4.78. The number of nitrogens with one attached hydrogen (secondary N) is 2. The third-order valence-electron chi connectivity index (χ3n) is 2.42. The Hall–Kier alpha value is -2.02. The second-order valence-electron chi connectivity index (χ2n) is 3.89. The van der Waals surface area contributed by atoms with Crippen LogP contribution in [0.5, 0.6) is 0 Å². The summed E-state index contributed by atoms with van der Waals surface area (Å²) >= 11 is 5.70. The van der Waals surface area contributed by atoms with Gasteiger partial charge >= 0.3 is 6.18 Å². The second kappa shape index (κ2) is 5.54. The molecule has 0 spiro atoms. The first-order chi connectivity index (χ1) is 9.38. The van der Waals surface area contributed by atoms with E-state index >= 15 is 0 Å². The highest BCUT2D eigenvalue weighted by atomic mass is 35.5. The van der Waals surface area contributed by atoms with Crippen LogP contribution in [0.25, 0.3) is 0 Å². The Morgan fingerprint density at radius 1 is 1.05 bits per heavy atom. The summed E-state index contributed by atoms with van der Waals surface area (Å²) in [6.45, 7) is 0. The minimum Gasteiger partial charge on any atom is -0.373 e. The molecule has 0 amide bonds. The molecule has 0 bridgehead atoms. The molecule has 0 aliphatic rings. The first kappa shape index (κ1) is 14.4. The van der Waals surface area contributed by atoms with Crippen LogP contribution in [0.3, 0.4) is 0 Å². The molecule has 0 saturated carbocycles. The van der Waals surface area contributed by atoms with Gasteiger partial charge in [0.2, 0.25) is 0 Å². The molecule has 2 N–H and O–H groups in total. The summed E-state index contributed by atoms with van der Waals surface area (Å²) in [5.74, 6) is 0.903. The Balaban J connectivity index is 2.31. The van der Waals surface area contributed by atoms with E-state index in [1.54, 1.807) is 13.1 Å². The van der Waals surface area contributed by atoms with Crippen LogP contribution in [-0.4, -0.2) is 17.0 Å². The molecular weight excluding hydrogens is 293 g/mol. The minimum absolute atomic E-state index is 0.00905. The molecule has 0 unspecified atom stereocenters. The molecule has 2 aromatic rings. The topological polar surface area (TPSA) is 49.8 Å². The highest BCUT2D eigenvalue weighted by Crippen LogP contribution is 2.33. The Morgan fingerprint density at radius 3 is 2.40 bits per heavy atom. The maximum atomic E-state index is 12.7. The van der Waals surface area contributed by atoms with Gasteiger partial charge in [-0.2, -0.15) is 13.2 Å². The molecular formula is C12H10ClF3N4. The third-order valence-corrected chi connectivity index (χ3v) is 2.64. The number of hydrogen-bond acceptors (Lipinski definition) is 4. The maximum absolute atomic E-state index is 12.7. The Morgan fingerprint density at radius 2 is 1.75 bits per heavy atom. The van der Waals surface area contributed by atoms with E-state index in [9.17, 15) is 13.2 Å². The van der Waals surface area contributed by atoms with Gasteiger partial charge in [0.1, 0.15) is 18.0 Å². The number of benzene rings is 1. The molecule has 106 valence electrons. The Labute approximate surface area is 118 Å². The van der Waals surface area contributed by atoms with Gasteiger partial charge in [-0.1, -0.05) is 11.6 Å². The van der Waals surface area contributed by atoms with Crippen LogP contribution in [0, 0.1) is 0 Å². The number of hydrogen-bond donors (Lipinski definition) is 2. The molecule has 0 aliphatic heterocycles. The summed E-state index contributed by atoms with van der Waals surface area (Å²) in [5.41, 5.74) is -0.624.